The zero-order chi connectivity index (χ0) is 16.7. The Kier molecular flexibility index (Phi) is 6.94. The van der Waals surface area contributed by atoms with Crippen molar-refractivity contribution >= 4 is 22.9 Å². The van der Waals surface area contributed by atoms with E-state index in [1.54, 1.807) is 0 Å². The fourth-order valence-electron chi connectivity index (χ4n) is 3.13. The molecule has 0 aromatic rings. The van der Waals surface area contributed by atoms with Crippen molar-refractivity contribution in [3.8, 4) is 0 Å². The second-order valence-corrected chi connectivity index (χ2v) is 7.12. The maximum Gasteiger partial charge on any atom is 0.294 e. The molecule has 2 fully saturated rings. The van der Waals surface area contributed by atoms with Crippen molar-refractivity contribution in [2.24, 2.45) is 11.8 Å². The molecule has 1 aliphatic carbocycles. The number of nitrogens with one attached hydrogen (secondary N) is 2. The summed E-state index contributed by atoms with van der Waals surface area (Å²) in [6.45, 7) is 0.834. The third-order valence-electron chi connectivity index (χ3n) is 4.47. The highest BCUT2D eigenvalue weighted by atomic mass is 32.2. The van der Waals surface area contributed by atoms with E-state index in [0.29, 0.717) is 30.6 Å². The molecule has 2 N–H and O–H groups in total. The van der Waals surface area contributed by atoms with E-state index in [0.717, 1.165) is 43.9 Å². The monoisotopic (exact) mass is 345 g/mol. The number of amides is 2. The molecule has 0 aromatic heterocycles. The van der Waals surface area contributed by atoms with E-state index in [1.807, 2.05) is 0 Å². The summed E-state index contributed by atoms with van der Waals surface area (Å²) in [4.78, 5) is 37.4. The number of nitrogens with zero attached hydrogens (tertiary/aromatic N) is 1. The molecule has 130 valence electrons. The number of carbonyl (C=O) groups excluding carboxylic acids is 2. The van der Waals surface area contributed by atoms with Crippen LogP contribution in [0.3, 0.4) is 0 Å². The van der Waals surface area contributed by atoms with Crippen molar-refractivity contribution in [3.05, 3.63) is 10.1 Å². The smallest absolute Gasteiger partial charge is 0.294 e. The summed E-state index contributed by atoms with van der Waals surface area (Å²) >= 11 is 1.14. The van der Waals surface area contributed by atoms with Gasteiger partial charge in [0.15, 0.2) is 0 Å². The van der Waals surface area contributed by atoms with E-state index in [-0.39, 0.29) is 17.8 Å². The number of rotatable bonds is 8. The Morgan fingerprint density at radius 2 is 2.04 bits per heavy atom. The summed E-state index contributed by atoms with van der Waals surface area (Å²) in [6, 6.07) is -0.398. The molecular weight excluding hydrogens is 322 g/mol. The SMILES string of the molecule is O=C1N[C@H](C(=O)NCC2CCC(CCCO[N+](=O)[O-])CC2)CS1. The lowest BCUT2D eigenvalue weighted by molar-refractivity contribution is -0.757. The molecule has 0 spiro atoms. The molecule has 0 bridgehead atoms. The second kappa shape index (κ2) is 8.95. The van der Waals surface area contributed by atoms with Crippen LogP contribution < -0.4 is 10.6 Å². The van der Waals surface area contributed by atoms with Crippen LogP contribution in [-0.2, 0) is 9.63 Å². The first-order valence-electron chi connectivity index (χ1n) is 8.03. The van der Waals surface area contributed by atoms with Gasteiger partial charge < -0.3 is 15.5 Å². The predicted octanol–water partition coefficient (Wildman–Crippen LogP) is 1.72. The Balaban J connectivity index is 1.55. The van der Waals surface area contributed by atoms with Gasteiger partial charge in [-0.2, -0.15) is 0 Å². The van der Waals surface area contributed by atoms with E-state index in [2.05, 4.69) is 15.5 Å². The first-order chi connectivity index (χ1) is 11.0. The van der Waals surface area contributed by atoms with Gasteiger partial charge in [-0.3, -0.25) is 9.59 Å². The number of hydrogen-bond acceptors (Lipinski definition) is 6. The zero-order valence-electron chi connectivity index (χ0n) is 13.0. The van der Waals surface area contributed by atoms with Gasteiger partial charge in [0.1, 0.15) is 6.04 Å². The first kappa shape index (κ1) is 17.8. The fourth-order valence-corrected chi connectivity index (χ4v) is 3.91. The van der Waals surface area contributed by atoms with Crippen LogP contribution in [0, 0.1) is 22.0 Å². The summed E-state index contributed by atoms with van der Waals surface area (Å²) in [6.07, 6.45) is 5.98. The quantitative estimate of drug-likeness (QED) is 0.394. The van der Waals surface area contributed by atoms with E-state index in [1.165, 1.54) is 0 Å². The molecule has 8 nitrogen and oxygen atoms in total. The van der Waals surface area contributed by atoms with Crippen LogP contribution in [0.15, 0.2) is 0 Å². The third-order valence-corrected chi connectivity index (χ3v) is 5.35. The highest BCUT2D eigenvalue weighted by molar-refractivity contribution is 8.14. The van der Waals surface area contributed by atoms with Crippen molar-refractivity contribution in [2.75, 3.05) is 18.9 Å². The lowest BCUT2D eigenvalue weighted by atomic mass is 9.80. The zero-order valence-corrected chi connectivity index (χ0v) is 13.8. The van der Waals surface area contributed by atoms with E-state index in [9.17, 15) is 19.7 Å². The summed E-state index contributed by atoms with van der Waals surface area (Å²) in [5, 5.41) is 14.7. The van der Waals surface area contributed by atoms with Gasteiger partial charge in [0.2, 0.25) is 5.91 Å². The summed E-state index contributed by atoms with van der Waals surface area (Å²) < 4.78 is 0. The molecule has 23 heavy (non-hydrogen) atoms. The average molecular weight is 345 g/mol. The van der Waals surface area contributed by atoms with Gasteiger partial charge in [-0.05, 0) is 37.5 Å². The van der Waals surface area contributed by atoms with Gasteiger partial charge in [-0.1, -0.05) is 24.6 Å². The summed E-state index contributed by atoms with van der Waals surface area (Å²) in [7, 11) is 0. The van der Waals surface area contributed by atoms with Crippen molar-refractivity contribution in [1.82, 2.24) is 10.6 Å². The van der Waals surface area contributed by atoms with Crippen LogP contribution in [0.4, 0.5) is 4.79 Å². The molecule has 0 unspecified atom stereocenters. The Labute approximate surface area is 139 Å². The van der Waals surface area contributed by atoms with Crippen molar-refractivity contribution in [2.45, 2.75) is 44.6 Å². The minimum Gasteiger partial charge on any atom is -0.354 e. The second-order valence-electron chi connectivity index (χ2n) is 6.13. The van der Waals surface area contributed by atoms with Gasteiger partial charge in [0.05, 0.1) is 6.61 Å². The maximum absolute atomic E-state index is 11.9. The van der Waals surface area contributed by atoms with Gasteiger partial charge in [0.25, 0.3) is 10.3 Å². The predicted molar refractivity (Wildman–Crippen MR) is 85.4 cm³/mol. The Bertz CT molecular complexity index is 440. The molecule has 2 aliphatic rings. The van der Waals surface area contributed by atoms with Crippen molar-refractivity contribution in [1.29, 1.82) is 0 Å². The lowest BCUT2D eigenvalue weighted by Crippen LogP contribution is -2.44. The maximum atomic E-state index is 11.9. The largest absolute Gasteiger partial charge is 0.354 e. The number of hydrogen-bond donors (Lipinski definition) is 2. The normalized spacial score (nSPS) is 27.3. The van der Waals surface area contributed by atoms with Crippen LogP contribution in [0.1, 0.15) is 38.5 Å². The highest BCUT2D eigenvalue weighted by Crippen LogP contribution is 2.31. The fraction of sp³-hybridized carbons (Fsp3) is 0.857. The summed E-state index contributed by atoms with van der Waals surface area (Å²) in [5.74, 6) is 1.49. The number of thioether (sulfide) groups is 1. The van der Waals surface area contributed by atoms with Crippen LogP contribution in [0.25, 0.3) is 0 Å². The molecule has 9 heteroatoms. The number of carbonyl (C=O) groups is 2. The van der Waals surface area contributed by atoms with Crippen LogP contribution in [-0.4, -0.2) is 41.2 Å². The molecular formula is C14H23N3O5S. The lowest BCUT2D eigenvalue weighted by Gasteiger charge is -2.28. The molecule has 1 saturated carbocycles. The van der Waals surface area contributed by atoms with Gasteiger partial charge >= 0.3 is 0 Å². The Morgan fingerprint density at radius 3 is 2.65 bits per heavy atom. The molecule has 1 aliphatic heterocycles. The van der Waals surface area contributed by atoms with Crippen molar-refractivity contribution < 1.29 is 19.5 Å². The molecule has 1 saturated heterocycles. The van der Waals surface area contributed by atoms with Crippen LogP contribution in [0.2, 0.25) is 0 Å². The van der Waals surface area contributed by atoms with Gasteiger partial charge in [-0.15, -0.1) is 10.1 Å². The van der Waals surface area contributed by atoms with Crippen LogP contribution >= 0.6 is 11.8 Å². The molecule has 2 rings (SSSR count). The molecule has 2 amide bonds. The van der Waals surface area contributed by atoms with E-state index in [4.69, 9.17) is 0 Å². The topological polar surface area (TPSA) is 111 Å². The Hall–Kier alpha value is -1.51. The minimum absolute atomic E-state index is 0.0950. The molecule has 1 heterocycles. The van der Waals surface area contributed by atoms with Crippen LogP contribution in [0.5, 0.6) is 0 Å². The first-order valence-corrected chi connectivity index (χ1v) is 9.01. The van der Waals surface area contributed by atoms with Crippen molar-refractivity contribution in [3.63, 3.8) is 0 Å². The van der Waals surface area contributed by atoms with Gasteiger partial charge in [0, 0.05) is 12.3 Å². The van der Waals surface area contributed by atoms with E-state index < -0.39 is 11.1 Å². The average Bonchev–Trinajstić information content (AvgIpc) is 2.97. The minimum atomic E-state index is -0.745. The highest BCUT2D eigenvalue weighted by Gasteiger charge is 2.28. The van der Waals surface area contributed by atoms with E-state index >= 15 is 0 Å². The van der Waals surface area contributed by atoms with Gasteiger partial charge in [-0.25, -0.2) is 0 Å². The third kappa shape index (κ3) is 6.25. The standard InChI is InChI=1S/C14H23N3O5S/c18-13(12-9-23-14(19)16-12)15-8-11-5-3-10(4-6-11)2-1-7-22-17(20)21/h10-12H,1-9H2,(H,15,18)(H,16,19)/t10?,11?,12-/m0/s1. The molecule has 1 atom stereocenters. The molecule has 0 aromatic carbocycles. The summed E-state index contributed by atoms with van der Waals surface area (Å²) in [5.41, 5.74) is 0. The Morgan fingerprint density at radius 1 is 1.35 bits per heavy atom. The molecule has 0 radical (unpaired) electrons.